The molecule has 1 fully saturated rings. The number of aryl methyl sites for hydroxylation is 1. The van der Waals surface area contributed by atoms with Gasteiger partial charge in [0.05, 0.1) is 17.8 Å². The van der Waals surface area contributed by atoms with Crippen LogP contribution in [0.15, 0.2) is 18.2 Å². The second kappa shape index (κ2) is 8.86. The second-order valence-electron chi connectivity index (χ2n) is 11.9. The standard InChI is InChI=1S/C26H42O5Si/c1-16(27)11-9-12-17-13-10-14-18-21-19(30-23(17)18)15-20(22(21)24(28)26(5,6)29)31-32(7,8)25(2,3)4/h10,13-14,19-22,24,28-29H,9,11-12,15H2,1-8H3/t19-,20+,21-,22-,24?/m0/s1. The third-order valence-electron chi connectivity index (χ3n) is 7.78. The zero-order chi connectivity index (χ0) is 24.1. The fourth-order valence-electron chi connectivity index (χ4n) is 4.98. The van der Waals surface area contributed by atoms with Gasteiger partial charge < -0.3 is 24.2 Å². The number of aliphatic hydroxyl groups excluding tert-OH is 1. The molecular weight excluding hydrogens is 420 g/mol. The fourth-order valence-corrected chi connectivity index (χ4v) is 6.34. The van der Waals surface area contributed by atoms with Gasteiger partial charge in [-0.15, -0.1) is 0 Å². The van der Waals surface area contributed by atoms with Gasteiger partial charge in [0.1, 0.15) is 17.6 Å². The Bertz CT molecular complexity index is 836. The van der Waals surface area contributed by atoms with Gasteiger partial charge in [0, 0.05) is 30.2 Å². The Morgan fingerprint density at radius 3 is 2.47 bits per heavy atom. The van der Waals surface area contributed by atoms with Crippen LogP contribution >= 0.6 is 0 Å². The van der Waals surface area contributed by atoms with Crippen molar-refractivity contribution in [1.29, 1.82) is 0 Å². The molecule has 180 valence electrons. The number of benzene rings is 1. The first-order chi connectivity index (χ1) is 14.6. The predicted octanol–water partition coefficient (Wildman–Crippen LogP) is 4.99. The summed E-state index contributed by atoms with van der Waals surface area (Å²) < 4.78 is 13.3. The second-order valence-corrected chi connectivity index (χ2v) is 16.7. The number of carbonyl (C=O) groups is 1. The lowest BCUT2D eigenvalue weighted by Gasteiger charge is -2.42. The number of ketones is 1. The highest BCUT2D eigenvalue weighted by molar-refractivity contribution is 6.74. The van der Waals surface area contributed by atoms with E-state index in [1.165, 1.54) is 0 Å². The Labute approximate surface area is 194 Å². The van der Waals surface area contributed by atoms with Crippen LogP contribution < -0.4 is 4.74 Å². The Hall–Kier alpha value is -1.21. The molecule has 1 aromatic carbocycles. The van der Waals surface area contributed by atoms with Crippen molar-refractivity contribution in [3.8, 4) is 5.75 Å². The number of rotatable bonds is 8. The van der Waals surface area contributed by atoms with E-state index in [1.54, 1.807) is 20.8 Å². The lowest BCUT2D eigenvalue weighted by molar-refractivity contribution is -0.117. The van der Waals surface area contributed by atoms with Crippen molar-refractivity contribution in [2.24, 2.45) is 5.92 Å². The van der Waals surface area contributed by atoms with Crippen molar-refractivity contribution in [1.82, 2.24) is 0 Å². The Kier molecular flexibility index (Phi) is 7.03. The first-order valence-electron chi connectivity index (χ1n) is 12.0. The summed E-state index contributed by atoms with van der Waals surface area (Å²) in [4.78, 5) is 11.4. The van der Waals surface area contributed by atoms with Crippen LogP contribution in [0.3, 0.4) is 0 Å². The van der Waals surface area contributed by atoms with Crippen molar-refractivity contribution in [3.63, 3.8) is 0 Å². The Morgan fingerprint density at radius 1 is 1.25 bits per heavy atom. The Balaban J connectivity index is 1.94. The molecule has 0 amide bonds. The van der Waals surface area contributed by atoms with Crippen LogP contribution in [0.5, 0.6) is 5.75 Å². The monoisotopic (exact) mass is 462 g/mol. The van der Waals surface area contributed by atoms with Gasteiger partial charge in [-0.3, -0.25) is 0 Å². The van der Waals surface area contributed by atoms with Crippen LogP contribution in [0.2, 0.25) is 18.1 Å². The van der Waals surface area contributed by atoms with E-state index in [0.29, 0.717) is 12.8 Å². The zero-order valence-corrected chi connectivity index (χ0v) is 22.1. The van der Waals surface area contributed by atoms with Gasteiger partial charge in [-0.1, -0.05) is 39.0 Å². The van der Waals surface area contributed by atoms with E-state index in [-0.39, 0.29) is 34.9 Å². The summed E-state index contributed by atoms with van der Waals surface area (Å²) in [5.41, 5.74) is 0.984. The Morgan fingerprint density at radius 2 is 1.91 bits per heavy atom. The summed E-state index contributed by atoms with van der Waals surface area (Å²) in [5, 5.41) is 22.1. The van der Waals surface area contributed by atoms with E-state index in [4.69, 9.17) is 9.16 Å². The molecule has 1 aliphatic heterocycles. The molecule has 0 spiro atoms. The van der Waals surface area contributed by atoms with Crippen LogP contribution in [0.1, 0.15) is 77.8 Å². The summed E-state index contributed by atoms with van der Waals surface area (Å²) in [6.07, 6.45) is 1.71. The van der Waals surface area contributed by atoms with E-state index in [2.05, 4.69) is 46.0 Å². The van der Waals surface area contributed by atoms with Gasteiger partial charge in [0.25, 0.3) is 0 Å². The fraction of sp³-hybridized carbons (Fsp3) is 0.731. The molecule has 5 nitrogen and oxygen atoms in total. The van der Waals surface area contributed by atoms with Crippen LogP contribution in [0.25, 0.3) is 0 Å². The molecule has 2 aliphatic rings. The molecule has 0 radical (unpaired) electrons. The van der Waals surface area contributed by atoms with Crippen LogP contribution in [-0.4, -0.2) is 48.2 Å². The molecule has 6 heteroatoms. The molecule has 3 rings (SSSR count). The number of fused-ring (bicyclic) bond motifs is 3. The largest absolute Gasteiger partial charge is 0.489 e. The minimum atomic E-state index is -2.08. The van der Waals surface area contributed by atoms with Crippen molar-refractivity contribution in [3.05, 3.63) is 29.3 Å². The average Bonchev–Trinajstić information content (AvgIpc) is 3.14. The summed E-state index contributed by atoms with van der Waals surface area (Å²) >= 11 is 0. The van der Waals surface area contributed by atoms with Crippen molar-refractivity contribution in [2.45, 2.75) is 115 Å². The molecule has 0 aromatic heterocycles. The normalized spacial score (nSPS) is 26.4. The maximum atomic E-state index is 11.4. The number of aliphatic hydroxyl groups is 2. The molecule has 1 heterocycles. The highest BCUT2D eigenvalue weighted by Crippen LogP contribution is 2.55. The number of para-hydroxylation sites is 1. The van der Waals surface area contributed by atoms with Gasteiger partial charge in [0.15, 0.2) is 8.32 Å². The number of carbonyl (C=O) groups excluding carboxylic acids is 1. The maximum Gasteiger partial charge on any atom is 0.192 e. The van der Waals surface area contributed by atoms with Crippen LogP contribution in [0, 0.1) is 5.92 Å². The molecule has 2 N–H and O–H groups in total. The highest BCUT2D eigenvalue weighted by atomic mass is 28.4. The van der Waals surface area contributed by atoms with Crippen molar-refractivity contribution in [2.75, 3.05) is 0 Å². The number of hydrogen-bond donors (Lipinski definition) is 2. The minimum Gasteiger partial charge on any atom is -0.489 e. The molecular formula is C26H42O5Si. The van der Waals surface area contributed by atoms with Gasteiger partial charge >= 0.3 is 0 Å². The lowest BCUT2D eigenvalue weighted by atomic mass is 9.78. The van der Waals surface area contributed by atoms with E-state index in [0.717, 1.165) is 29.7 Å². The quantitative estimate of drug-likeness (QED) is 0.533. The molecule has 0 saturated heterocycles. The average molecular weight is 463 g/mol. The predicted molar refractivity (Wildman–Crippen MR) is 130 cm³/mol. The van der Waals surface area contributed by atoms with Crippen molar-refractivity contribution < 1.29 is 24.2 Å². The maximum absolute atomic E-state index is 11.4. The topological polar surface area (TPSA) is 76.0 Å². The smallest absolute Gasteiger partial charge is 0.192 e. The summed E-state index contributed by atoms with van der Waals surface area (Å²) in [5.74, 6) is 0.843. The van der Waals surface area contributed by atoms with Gasteiger partial charge in [-0.2, -0.15) is 0 Å². The molecule has 1 aliphatic carbocycles. The lowest BCUT2D eigenvalue weighted by Crippen LogP contribution is -2.50. The molecule has 0 bridgehead atoms. The summed E-state index contributed by atoms with van der Waals surface area (Å²) in [7, 11) is -2.08. The first kappa shape index (κ1) is 25.4. The van der Waals surface area contributed by atoms with E-state index in [9.17, 15) is 15.0 Å². The third kappa shape index (κ3) is 4.98. The molecule has 5 atom stereocenters. The molecule has 1 unspecified atom stereocenters. The van der Waals surface area contributed by atoms with E-state index in [1.807, 2.05) is 6.07 Å². The number of hydrogen-bond acceptors (Lipinski definition) is 5. The molecule has 1 aromatic rings. The van der Waals surface area contributed by atoms with Gasteiger partial charge in [0.2, 0.25) is 0 Å². The first-order valence-corrected chi connectivity index (χ1v) is 14.9. The third-order valence-corrected chi connectivity index (χ3v) is 12.3. The van der Waals surface area contributed by atoms with E-state index < -0.39 is 20.0 Å². The SMILES string of the molecule is CC(=O)CCCc1cccc2c1O[C@H]1C[C@@H](O[Si](C)(C)C(C)(C)C)[C@H](C(O)C(C)(C)O)[C@@H]21. The summed E-state index contributed by atoms with van der Waals surface area (Å²) in [6, 6.07) is 6.21. The summed E-state index contributed by atoms with van der Waals surface area (Å²) in [6.45, 7) is 16.1. The van der Waals surface area contributed by atoms with Crippen LogP contribution in [0.4, 0.5) is 0 Å². The highest BCUT2D eigenvalue weighted by Gasteiger charge is 2.57. The molecule has 1 saturated carbocycles. The molecule has 32 heavy (non-hydrogen) atoms. The number of ether oxygens (including phenoxy) is 1. The number of Topliss-reactive ketones (excluding diaryl/α,β-unsaturated/α-hetero) is 1. The van der Waals surface area contributed by atoms with Crippen molar-refractivity contribution >= 4 is 14.1 Å². The minimum absolute atomic E-state index is 0.0195. The van der Waals surface area contributed by atoms with Gasteiger partial charge in [-0.25, -0.2) is 0 Å². The zero-order valence-electron chi connectivity index (χ0n) is 21.1. The van der Waals surface area contributed by atoms with E-state index >= 15 is 0 Å². The van der Waals surface area contributed by atoms with Crippen LogP contribution in [-0.2, 0) is 15.6 Å². The van der Waals surface area contributed by atoms with Gasteiger partial charge in [-0.05, 0) is 57.3 Å².